The fourth-order valence-electron chi connectivity index (χ4n) is 2.15. The largest absolute Gasteiger partial charge is 0.454 e. The zero-order valence-corrected chi connectivity index (χ0v) is 14.5. The van der Waals surface area contributed by atoms with Crippen LogP contribution in [0.15, 0.2) is 12.7 Å². The molecule has 134 valence electrons. The van der Waals surface area contributed by atoms with Crippen molar-refractivity contribution in [3.05, 3.63) is 12.7 Å². The topological polar surface area (TPSA) is 105 Å². The van der Waals surface area contributed by atoms with Gasteiger partial charge in [0.2, 0.25) is 0 Å². The third kappa shape index (κ3) is 10.2. The lowest BCUT2D eigenvalue weighted by atomic mass is 9.99. The van der Waals surface area contributed by atoms with Gasteiger partial charge in [0.25, 0.3) is 0 Å². The van der Waals surface area contributed by atoms with E-state index in [1.165, 1.54) is 0 Å². The monoisotopic (exact) mass is 328 g/mol. The molecule has 0 heterocycles. The van der Waals surface area contributed by atoms with Crippen LogP contribution in [-0.2, 0) is 19.1 Å². The molecule has 23 heavy (non-hydrogen) atoms. The summed E-state index contributed by atoms with van der Waals surface area (Å²) in [5.41, 5.74) is 9.87. The number of nitrogens with two attached hydrogens (primary N) is 2. The van der Waals surface area contributed by atoms with Gasteiger partial charge >= 0.3 is 5.97 Å². The Bertz CT molecular complexity index is 374. The van der Waals surface area contributed by atoms with Gasteiger partial charge in [-0.25, -0.2) is 0 Å². The lowest BCUT2D eigenvalue weighted by Gasteiger charge is -2.26. The summed E-state index contributed by atoms with van der Waals surface area (Å²) < 4.78 is 11.1. The van der Waals surface area contributed by atoms with E-state index >= 15 is 0 Å². The molecule has 6 heteroatoms. The van der Waals surface area contributed by atoms with Gasteiger partial charge in [-0.15, -0.1) is 0 Å². The van der Waals surface area contributed by atoms with Gasteiger partial charge in [0.05, 0.1) is 19.2 Å². The number of unbranched alkanes of at least 4 members (excludes halogenated alkanes) is 1. The van der Waals surface area contributed by atoms with Crippen LogP contribution in [0.3, 0.4) is 0 Å². The Hall–Kier alpha value is -1.24. The van der Waals surface area contributed by atoms with Crippen molar-refractivity contribution in [2.45, 2.75) is 64.1 Å². The Labute approximate surface area is 139 Å². The summed E-state index contributed by atoms with van der Waals surface area (Å²) >= 11 is 0. The Morgan fingerprint density at radius 1 is 1.26 bits per heavy atom. The van der Waals surface area contributed by atoms with Gasteiger partial charge in [-0.05, 0) is 45.1 Å². The van der Waals surface area contributed by atoms with Crippen molar-refractivity contribution in [3.8, 4) is 0 Å². The molecule has 0 aromatic rings. The van der Waals surface area contributed by atoms with Crippen molar-refractivity contribution in [1.29, 1.82) is 0 Å². The minimum absolute atomic E-state index is 0.0653. The number of hydrogen-bond donors (Lipinski definition) is 2. The van der Waals surface area contributed by atoms with Crippen LogP contribution < -0.4 is 11.5 Å². The van der Waals surface area contributed by atoms with E-state index in [1.54, 1.807) is 6.08 Å². The van der Waals surface area contributed by atoms with E-state index in [-0.39, 0.29) is 25.0 Å². The molecular weight excluding hydrogens is 296 g/mol. The smallest absolute Gasteiger partial charge is 0.320 e. The van der Waals surface area contributed by atoms with Gasteiger partial charge in [0, 0.05) is 13.0 Å². The normalized spacial score (nSPS) is 14.8. The zero-order valence-electron chi connectivity index (χ0n) is 14.5. The van der Waals surface area contributed by atoms with Crippen molar-refractivity contribution < 1.29 is 19.1 Å². The highest BCUT2D eigenvalue weighted by Gasteiger charge is 2.24. The maximum atomic E-state index is 11.3. The first kappa shape index (κ1) is 21.8. The van der Waals surface area contributed by atoms with Gasteiger partial charge in [0.1, 0.15) is 11.4 Å². The van der Waals surface area contributed by atoms with Crippen LogP contribution in [0.4, 0.5) is 0 Å². The van der Waals surface area contributed by atoms with Crippen LogP contribution in [0.2, 0.25) is 0 Å². The first-order valence-electron chi connectivity index (χ1n) is 8.29. The fraction of sp³-hybridized carbons (Fsp3) is 0.765. The predicted octanol–water partition coefficient (Wildman–Crippen LogP) is 1.71. The third-order valence-electron chi connectivity index (χ3n) is 3.79. The molecule has 0 aliphatic rings. The van der Waals surface area contributed by atoms with Crippen molar-refractivity contribution in [2.24, 2.45) is 11.5 Å². The van der Waals surface area contributed by atoms with E-state index in [9.17, 15) is 9.59 Å². The van der Waals surface area contributed by atoms with Crippen LogP contribution in [0.25, 0.3) is 0 Å². The number of ketones is 1. The summed E-state index contributed by atoms with van der Waals surface area (Å²) in [5.74, 6) is -0.366. The number of hydrogen-bond acceptors (Lipinski definition) is 6. The SMILES string of the molecule is C=CC(C)(CCCCOC(CC)CCC(=O)CN)OC(=O)CN. The van der Waals surface area contributed by atoms with Crippen molar-refractivity contribution in [1.82, 2.24) is 0 Å². The first-order valence-corrected chi connectivity index (χ1v) is 8.29. The molecule has 0 aliphatic heterocycles. The average molecular weight is 328 g/mol. The van der Waals surface area contributed by atoms with E-state index in [2.05, 4.69) is 6.58 Å². The lowest BCUT2D eigenvalue weighted by Crippen LogP contribution is -2.32. The zero-order chi connectivity index (χ0) is 17.7. The molecule has 0 saturated carbocycles. The minimum atomic E-state index is -0.686. The molecule has 0 saturated heterocycles. The predicted molar refractivity (Wildman–Crippen MR) is 90.9 cm³/mol. The maximum Gasteiger partial charge on any atom is 0.320 e. The molecule has 6 nitrogen and oxygen atoms in total. The van der Waals surface area contributed by atoms with Crippen molar-refractivity contribution in [2.75, 3.05) is 19.7 Å². The Kier molecular flexibility index (Phi) is 11.6. The van der Waals surface area contributed by atoms with Crippen molar-refractivity contribution >= 4 is 11.8 Å². The summed E-state index contributed by atoms with van der Waals surface area (Å²) in [5, 5.41) is 0. The molecule has 0 aromatic carbocycles. The molecule has 0 spiro atoms. The average Bonchev–Trinajstić information content (AvgIpc) is 2.56. The highest BCUT2D eigenvalue weighted by molar-refractivity contribution is 5.80. The quantitative estimate of drug-likeness (QED) is 0.286. The highest BCUT2D eigenvalue weighted by Crippen LogP contribution is 2.20. The van der Waals surface area contributed by atoms with Gasteiger partial charge in [-0.1, -0.05) is 13.5 Å². The lowest BCUT2D eigenvalue weighted by molar-refractivity contribution is -0.152. The standard InChI is InChI=1S/C17H32N2O4/c1-4-15(9-8-14(20)12-18)22-11-7-6-10-17(3,5-2)23-16(21)13-19/h5,15H,2,4,6-13,18-19H2,1,3H3. The van der Waals surface area contributed by atoms with E-state index in [0.29, 0.717) is 25.9 Å². The number of Topliss-reactive ketones (excluding diaryl/α,β-unsaturated/α-hetero) is 1. The minimum Gasteiger partial charge on any atom is -0.454 e. The first-order chi connectivity index (χ1) is 10.9. The second-order valence-electron chi connectivity index (χ2n) is 5.83. The Morgan fingerprint density at radius 3 is 2.48 bits per heavy atom. The number of rotatable bonds is 14. The van der Waals surface area contributed by atoms with E-state index in [1.807, 2.05) is 13.8 Å². The number of carbonyl (C=O) groups excluding carboxylic acids is 2. The van der Waals surface area contributed by atoms with Crippen LogP contribution >= 0.6 is 0 Å². The third-order valence-corrected chi connectivity index (χ3v) is 3.79. The maximum absolute atomic E-state index is 11.3. The summed E-state index contributed by atoms with van der Waals surface area (Å²) in [6.45, 7) is 8.16. The van der Waals surface area contributed by atoms with E-state index in [4.69, 9.17) is 20.9 Å². The van der Waals surface area contributed by atoms with Crippen molar-refractivity contribution in [3.63, 3.8) is 0 Å². The van der Waals surface area contributed by atoms with Crippen LogP contribution in [-0.4, -0.2) is 43.2 Å². The molecule has 0 amide bonds. The molecule has 0 radical (unpaired) electrons. The molecule has 0 aromatic heterocycles. The van der Waals surface area contributed by atoms with Gasteiger partial charge in [-0.2, -0.15) is 0 Å². The molecule has 2 unspecified atom stereocenters. The number of carbonyl (C=O) groups is 2. The van der Waals surface area contributed by atoms with Gasteiger partial charge < -0.3 is 20.9 Å². The summed E-state index contributed by atoms with van der Waals surface area (Å²) in [7, 11) is 0. The Morgan fingerprint density at radius 2 is 1.96 bits per heavy atom. The van der Waals surface area contributed by atoms with Gasteiger partial charge in [0.15, 0.2) is 0 Å². The Balaban J connectivity index is 3.97. The second kappa shape index (κ2) is 12.2. The second-order valence-corrected chi connectivity index (χ2v) is 5.83. The molecular formula is C17H32N2O4. The molecule has 0 aliphatic carbocycles. The van der Waals surface area contributed by atoms with Crippen LogP contribution in [0.5, 0.6) is 0 Å². The van der Waals surface area contributed by atoms with Crippen LogP contribution in [0.1, 0.15) is 52.4 Å². The number of esters is 1. The summed E-state index contributed by atoms with van der Waals surface area (Å²) in [6, 6.07) is 0. The highest BCUT2D eigenvalue weighted by atomic mass is 16.6. The molecule has 0 bridgehead atoms. The molecule has 0 fully saturated rings. The fourth-order valence-corrected chi connectivity index (χ4v) is 2.15. The molecule has 0 rings (SSSR count). The molecule has 2 atom stereocenters. The summed E-state index contributed by atoms with van der Waals surface area (Å²) in [6.07, 6.45) is 6.15. The van der Waals surface area contributed by atoms with E-state index < -0.39 is 11.6 Å². The number of ether oxygens (including phenoxy) is 2. The van der Waals surface area contributed by atoms with E-state index in [0.717, 1.165) is 19.3 Å². The van der Waals surface area contributed by atoms with Gasteiger partial charge in [-0.3, -0.25) is 9.59 Å². The molecule has 4 N–H and O–H groups in total. The summed E-state index contributed by atoms with van der Waals surface area (Å²) in [4.78, 5) is 22.5. The van der Waals surface area contributed by atoms with Crippen LogP contribution in [0, 0.1) is 0 Å².